The fourth-order valence-electron chi connectivity index (χ4n) is 1.15. The largest absolute Gasteiger partial charge is 0.392 e. The van der Waals surface area contributed by atoms with Crippen LogP contribution in [0.15, 0.2) is 37.2 Å². The van der Waals surface area contributed by atoms with Crippen LogP contribution < -0.4 is 0 Å². The van der Waals surface area contributed by atoms with Crippen LogP contribution in [0.5, 0.6) is 0 Å². The topological polar surface area (TPSA) is 63.8 Å². The van der Waals surface area contributed by atoms with Crippen molar-refractivity contribution in [2.75, 3.05) is 6.61 Å². The smallest absolute Gasteiger partial charge is 0.156 e. The molecule has 0 spiro atoms. The zero-order valence-corrected chi connectivity index (χ0v) is 7.98. The molecule has 15 heavy (non-hydrogen) atoms. The van der Waals surface area contributed by atoms with Gasteiger partial charge in [-0.25, -0.2) is 9.97 Å². The van der Waals surface area contributed by atoms with Gasteiger partial charge in [0.05, 0.1) is 18.5 Å². The minimum atomic E-state index is 0.0119. The Morgan fingerprint density at radius 1 is 1.33 bits per heavy atom. The molecule has 0 radical (unpaired) electrons. The van der Waals surface area contributed by atoms with E-state index < -0.39 is 0 Å². The molecule has 0 amide bonds. The summed E-state index contributed by atoms with van der Waals surface area (Å²) in [4.78, 5) is 12.2. The molecule has 0 unspecified atom stereocenters. The van der Waals surface area contributed by atoms with Gasteiger partial charge in [-0.2, -0.15) is 0 Å². The van der Waals surface area contributed by atoms with E-state index in [0.29, 0.717) is 5.82 Å². The molecule has 0 saturated carbocycles. The number of imidazole rings is 1. The molecule has 0 saturated heterocycles. The molecule has 2 heterocycles. The summed E-state index contributed by atoms with van der Waals surface area (Å²) in [5.41, 5.74) is 0.773. The third kappa shape index (κ3) is 2.26. The average Bonchev–Trinajstić information content (AvgIpc) is 2.76. The van der Waals surface area contributed by atoms with Gasteiger partial charge in [0.1, 0.15) is 6.33 Å². The summed E-state index contributed by atoms with van der Waals surface area (Å²) in [6.07, 6.45) is 11.7. The van der Waals surface area contributed by atoms with Crippen molar-refractivity contribution in [2.45, 2.75) is 0 Å². The first-order valence-electron chi connectivity index (χ1n) is 4.48. The highest BCUT2D eigenvalue weighted by Crippen LogP contribution is 2.04. The van der Waals surface area contributed by atoms with E-state index in [1.165, 1.54) is 0 Å². The lowest BCUT2D eigenvalue weighted by Gasteiger charge is -1.96. The molecule has 2 rings (SSSR count). The second-order valence-electron chi connectivity index (χ2n) is 2.85. The van der Waals surface area contributed by atoms with E-state index in [1.807, 2.05) is 6.20 Å². The van der Waals surface area contributed by atoms with Gasteiger partial charge in [-0.15, -0.1) is 0 Å². The molecule has 0 aliphatic carbocycles. The summed E-state index contributed by atoms with van der Waals surface area (Å²) < 4.78 is 1.77. The van der Waals surface area contributed by atoms with Crippen molar-refractivity contribution in [3.63, 3.8) is 0 Å². The lowest BCUT2D eigenvalue weighted by atomic mass is 10.4. The van der Waals surface area contributed by atoms with Crippen molar-refractivity contribution >= 4 is 6.08 Å². The van der Waals surface area contributed by atoms with Crippen LogP contribution in [0.1, 0.15) is 5.69 Å². The zero-order valence-electron chi connectivity index (χ0n) is 7.98. The normalized spacial score (nSPS) is 11.0. The van der Waals surface area contributed by atoms with Gasteiger partial charge in [0.15, 0.2) is 5.82 Å². The number of aliphatic hydroxyl groups is 1. The molecule has 0 aliphatic rings. The number of rotatable bonds is 3. The first-order valence-corrected chi connectivity index (χ1v) is 4.48. The van der Waals surface area contributed by atoms with Gasteiger partial charge in [0.25, 0.3) is 0 Å². The van der Waals surface area contributed by atoms with Crippen LogP contribution in [0.3, 0.4) is 0 Å². The Kier molecular flexibility index (Phi) is 2.85. The fraction of sp³-hybridized carbons (Fsp3) is 0.100. The van der Waals surface area contributed by atoms with Crippen LogP contribution in [0.4, 0.5) is 0 Å². The summed E-state index contributed by atoms with van der Waals surface area (Å²) in [5.74, 6) is 0.716. The lowest BCUT2D eigenvalue weighted by molar-refractivity contribution is 0.343. The molecule has 0 aromatic carbocycles. The Hall–Kier alpha value is -2.01. The molecule has 2 aromatic rings. The molecule has 1 N–H and O–H groups in total. The predicted octanol–water partition coefficient (Wildman–Crippen LogP) is 0.668. The van der Waals surface area contributed by atoms with E-state index >= 15 is 0 Å². The van der Waals surface area contributed by atoms with Crippen LogP contribution in [0.25, 0.3) is 11.9 Å². The van der Waals surface area contributed by atoms with Crippen LogP contribution in [-0.2, 0) is 0 Å². The Morgan fingerprint density at radius 2 is 2.27 bits per heavy atom. The van der Waals surface area contributed by atoms with Gasteiger partial charge < -0.3 is 5.11 Å². The van der Waals surface area contributed by atoms with Crippen LogP contribution in [-0.4, -0.2) is 31.2 Å². The number of hydrogen-bond donors (Lipinski definition) is 1. The highest BCUT2D eigenvalue weighted by atomic mass is 16.2. The summed E-state index contributed by atoms with van der Waals surface area (Å²) in [6.45, 7) is 0.0119. The summed E-state index contributed by atoms with van der Waals surface area (Å²) in [7, 11) is 0. The maximum atomic E-state index is 8.61. The monoisotopic (exact) mass is 202 g/mol. The molecule has 0 bridgehead atoms. The highest BCUT2D eigenvalue weighted by Gasteiger charge is 1.98. The van der Waals surface area contributed by atoms with Gasteiger partial charge in [0.2, 0.25) is 0 Å². The van der Waals surface area contributed by atoms with Gasteiger partial charge in [-0.05, 0) is 6.08 Å². The van der Waals surface area contributed by atoms with Crippen molar-refractivity contribution in [3.8, 4) is 5.82 Å². The Morgan fingerprint density at radius 3 is 3.00 bits per heavy atom. The van der Waals surface area contributed by atoms with Crippen LogP contribution in [0, 0.1) is 0 Å². The molecule has 5 heteroatoms. The Bertz CT molecular complexity index is 449. The van der Waals surface area contributed by atoms with Crippen molar-refractivity contribution in [3.05, 3.63) is 42.9 Å². The highest BCUT2D eigenvalue weighted by molar-refractivity contribution is 5.44. The molecule has 76 valence electrons. The molecule has 0 fully saturated rings. The van der Waals surface area contributed by atoms with Crippen LogP contribution in [0.2, 0.25) is 0 Å². The van der Waals surface area contributed by atoms with E-state index in [1.54, 1.807) is 41.6 Å². The van der Waals surface area contributed by atoms with Crippen molar-refractivity contribution in [1.82, 2.24) is 19.5 Å². The van der Waals surface area contributed by atoms with E-state index in [0.717, 1.165) is 5.69 Å². The third-order valence-corrected chi connectivity index (χ3v) is 1.81. The molecule has 5 nitrogen and oxygen atoms in total. The number of hydrogen-bond acceptors (Lipinski definition) is 4. The van der Waals surface area contributed by atoms with E-state index in [9.17, 15) is 0 Å². The maximum Gasteiger partial charge on any atom is 0.156 e. The van der Waals surface area contributed by atoms with Crippen molar-refractivity contribution in [1.29, 1.82) is 0 Å². The number of aliphatic hydroxyl groups excluding tert-OH is 1. The molecular formula is C10H10N4O. The van der Waals surface area contributed by atoms with E-state index in [-0.39, 0.29) is 6.61 Å². The predicted molar refractivity (Wildman–Crippen MR) is 55.3 cm³/mol. The second-order valence-corrected chi connectivity index (χ2v) is 2.85. The van der Waals surface area contributed by atoms with Gasteiger partial charge in [0, 0.05) is 18.6 Å². The minimum absolute atomic E-state index is 0.0119. The van der Waals surface area contributed by atoms with Gasteiger partial charge >= 0.3 is 0 Å². The quantitative estimate of drug-likeness (QED) is 0.794. The van der Waals surface area contributed by atoms with E-state index in [2.05, 4.69) is 15.0 Å². The summed E-state index contributed by atoms with van der Waals surface area (Å²) in [6, 6.07) is 0. The zero-order chi connectivity index (χ0) is 10.5. The van der Waals surface area contributed by atoms with Crippen LogP contribution >= 0.6 is 0 Å². The molecule has 2 aromatic heterocycles. The molecule has 0 atom stereocenters. The SMILES string of the molecule is OC/C=C/c1cn(-c2cnccn2)cn1. The van der Waals surface area contributed by atoms with Crippen molar-refractivity contribution < 1.29 is 5.11 Å². The lowest BCUT2D eigenvalue weighted by Crippen LogP contribution is -1.93. The first-order chi connectivity index (χ1) is 7.40. The standard InChI is InChI=1S/C10H10N4O/c15-5-1-2-9-7-14(8-13-9)10-6-11-3-4-12-10/h1-4,6-8,15H,5H2/b2-1+. The average molecular weight is 202 g/mol. The van der Waals surface area contributed by atoms with Gasteiger partial charge in [-0.1, -0.05) is 6.08 Å². The fourth-order valence-corrected chi connectivity index (χ4v) is 1.15. The van der Waals surface area contributed by atoms with Crippen molar-refractivity contribution in [2.24, 2.45) is 0 Å². The number of nitrogens with zero attached hydrogens (tertiary/aromatic N) is 4. The molecular weight excluding hydrogens is 192 g/mol. The Labute approximate surface area is 86.8 Å². The molecule has 0 aliphatic heterocycles. The summed E-state index contributed by atoms with van der Waals surface area (Å²) >= 11 is 0. The summed E-state index contributed by atoms with van der Waals surface area (Å²) in [5, 5.41) is 8.61. The number of aromatic nitrogens is 4. The first kappa shape index (κ1) is 9.54. The maximum absolute atomic E-state index is 8.61. The second kappa shape index (κ2) is 4.47. The Balaban J connectivity index is 2.24. The minimum Gasteiger partial charge on any atom is -0.392 e. The third-order valence-electron chi connectivity index (χ3n) is 1.81. The van der Waals surface area contributed by atoms with E-state index in [4.69, 9.17) is 5.11 Å². The van der Waals surface area contributed by atoms with Gasteiger partial charge in [-0.3, -0.25) is 9.55 Å².